The van der Waals surface area contributed by atoms with E-state index in [0.29, 0.717) is 12.3 Å². The third kappa shape index (κ3) is 2.72. The third-order valence-corrected chi connectivity index (χ3v) is 2.64. The van der Waals surface area contributed by atoms with Gasteiger partial charge in [0.05, 0.1) is 0 Å². The van der Waals surface area contributed by atoms with Crippen LogP contribution in [0.1, 0.15) is 24.6 Å². The summed E-state index contributed by atoms with van der Waals surface area (Å²) in [5.41, 5.74) is 0. The Hall–Kier alpha value is -1.11. The molecule has 0 unspecified atom stereocenters. The number of nitrogens with one attached hydrogen (secondary N) is 1. The molecule has 0 spiro atoms. The van der Waals surface area contributed by atoms with Crippen molar-refractivity contribution in [3.63, 3.8) is 0 Å². The minimum atomic E-state index is -4.54. The fraction of sp³-hybridized carbons (Fsp3) is 0.778. The number of hydrogen-bond acceptors (Lipinski definition) is 4. The van der Waals surface area contributed by atoms with Crippen LogP contribution in [0.2, 0.25) is 0 Å². The fourth-order valence-corrected chi connectivity index (χ4v) is 1.80. The van der Waals surface area contributed by atoms with E-state index in [1.165, 1.54) is 0 Å². The van der Waals surface area contributed by atoms with Crippen molar-refractivity contribution >= 4 is 0 Å². The zero-order chi connectivity index (χ0) is 11.6. The number of rotatable bonds is 2. The summed E-state index contributed by atoms with van der Waals surface area (Å²) in [6, 6.07) is 0. The summed E-state index contributed by atoms with van der Waals surface area (Å²) in [4.78, 5) is 3.35. The first-order valence-corrected chi connectivity index (χ1v) is 5.16. The van der Waals surface area contributed by atoms with Crippen LogP contribution in [0.3, 0.4) is 0 Å². The molecule has 0 saturated carbocycles. The van der Waals surface area contributed by atoms with Crippen LogP contribution < -0.4 is 5.32 Å². The molecule has 0 radical (unpaired) electrons. The molecule has 1 saturated heterocycles. The van der Waals surface area contributed by atoms with E-state index >= 15 is 0 Å². The van der Waals surface area contributed by atoms with Crippen LogP contribution in [-0.4, -0.2) is 23.2 Å². The second kappa shape index (κ2) is 4.40. The highest BCUT2D eigenvalue weighted by atomic mass is 19.4. The Morgan fingerprint density at radius 1 is 1.31 bits per heavy atom. The Labute approximate surface area is 90.2 Å². The van der Waals surface area contributed by atoms with Crippen molar-refractivity contribution in [3.05, 3.63) is 11.7 Å². The van der Waals surface area contributed by atoms with Crippen molar-refractivity contribution in [3.8, 4) is 0 Å². The van der Waals surface area contributed by atoms with E-state index < -0.39 is 12.1 Å². The van der Waals surface area contributed by atoms with E-state index in [1.54, 1.807) is 0 Å². The van der Waals surface area contributed by atoms with E-state index in [1.807, 2.05) is 0 Å². The normalized spacial score (nSPS) is 18.9. The second-order valence-corrected chi connectivity index (χ2v) is 3.91. The average molecular weight is 235 g/mol. The van der Waals surface area contributed by atoms with Gasteiger partial charge in [0.25, 0.3) is 0 Å². The smallest absolute Gasteiger partial charge is 0.329 e. The minimum absolute atomic E-state index is 0.152. The minimum Gasteiger partial charge on any atom is -0.329 e. The van der Waals surface area contributed by atoms with Crippen LogP contribution in [0.25, 0.3) is 0 Å². The quantitative estimate of drug-likeness (QED) is 0.846. The molecule has 90 valence electrons. The summed E-state index contributed by atoms with van der Waals surface area (Å²) in [6.45, 7) is 1.79. The third-order valence-electron chi connectivity index (χ3n) is 2.64. The molecule has 2 heterocycles. The topological polar surface area (TPSA) is 51.0 Å². The Morgan fingerprint density at radius 2 is 2.00 bits per heavy atom. The van der Waals surface area contributed by atoms with Crippen molar-refractivity contribution in [2.45, 2.75) is 25.4 Å². The van der Waals surface area contributed by atoms with Gasteiger partial charge in [-0.2, -0.15) is 18.2 Å². The number of piperidine rings is 1. The molecule has 0 bridgehead atoms. The number of nitrogens with zero attached hydrogens (tertiary/aromatic N) is 2. The molecule has 0 aliphatic carbocycles. The van der Waals surface area contributed by atoms with Crippen LogP contribution in [-0.2, 0) is 12.6 Å². The summed E-state index contributed by atoms with van der Waals surface area (Å²) in [5.74, 6) is -0.754. The standard InChI is InChI=1S/C9H12F3N3O/c10-9(11,12)8-14-7(15-16-8)5-6-1-3-13-4-2-6/h6,13H,1-5H2. The predicted molar refractivity (Wildman–Crippen MR) is 48.6 cm³/mol. The van der Waals surface area contributed by atoms with E-state index in [0.717, 1.165) is 25.9 Å². The second-order valence-electron chi connectivity index (χ2n) is 3.91. The lowest BCUT2D eigenvalue weighted by atomic mass is 9.94. The number of hydrogen-bond donors (Lipinski definition) is 1. The van der Waals surface area contributed by atoms with Gasteiger partial charge in [0.2, 0.25) is 0 Å². The number of alkyl halides is 3. The van der Waals surface area contributed by atoms with Crippen molar-refractivity contribution < 1.29 is 17.7 Å². The van der Waals surface area contributed by atoms with Gasteiger partial charge in [-0.15, -0.1) is 0 Å². The maximum absolute atomic E-state index is 12.2. The first kappa shape index (κ1) is 11.4. The average Bonchev–Trinajstić information content (AvgIpc) is 2.67. The first-order chi connectivity index (χ1) is 7.55. The van der Waals surface area contributed by atoms with Gasteiger partial charge in [-0.05, 0) is 31.8 Å². The molecule has 1 fully saturated rings. The van der Waals surface area contributed by atoms with Crippen LogP contribution in [0.15, 0.2) is 4.52 Å². The lowest BCUT2D eigenvalue weighted by Gasteiger charge is -2.20. The molecule has 16 heavy (non-hydrogen) atoms. The van der Waals surface area contributed by atoms with Crippen LogP contribution in [0, 0.1) is 5.92 Å². The van der Waals surface area contributed by atoms with Gasteiger partial charge in [-0.3, -0.25) is 0 Å². The Morgan fingerprint density at radius 3 is 2.56 bits per heavy atom. The molecule has 4 nitrogen and oxygen atoms in total. The molecule has 1 aromatic rings. The molecule has 0 aromatic carbocycles. The van der Waals surface area contributed by atoms with Crippen molar-refractivity contribution in [1.82, 2.24) is 15.5 Å². The Kier molecular flexibility index (Phi) is 3.13. The fourth-order valence-electron chi connectivity index (χ4n) is 1.80. The molecule has 1 aliphatic heterocycles. The lowest BCUT2D eigenvalue weighted by Crippen LogP contribution is -2.28. The van der Waals surface area contributed by atoms with E-state index in [4.69, 9.17) is 0 Å². The Balaban J connectivity index is 1.97. The van der Waals surface area contributed by atoms with Crippen LogP contribution in [0.4, 0.5) is 13.2 Å². The summed E-state index contributed by atoms with van der Waals surface area (Å²) >= 11 is 0. The lowest BCUT2D eigenvalue weighted by molar-refractivity contribution is -0.159. The molecule has 2 rings (SSSR count). The Bertz CT molecular complexity index is 344. The van der Waals surface area contributed by atoms with Crippen LogP contribution in [0.5, 0.6) is 0 Å². The largest absolute Gasteiger partial charge is 0.471 e. The van der Waals surface area contributed by atoms with Gasteiger partial charge in [-0.25, -0.2) is 0 Å². The highest BCUT2D eigenvalue weighted by Crippen LogP contribution is 2.28. The molecular formula is C9H12F3N3O. The monoisotopic (exact) mass is 235 g/mol. The van der Waals surface area contributed by atoms with E-state index in [-0.39, 0.29) is 5.82 Å². The van der Waals surface area contributed by atoms with Gasteiger partial charge in [0, 0.05) is 6.42 Å². The summed E-state index contributed by atoms with van der Waals surface area (Å²) in [7, 11) is 0. The summed E-state index contributed by atoms with van der Waals surface area (Å²) in [6.07, 6.45) is -2.20. The SMILES string of the molecule is FC(F)(F)c1nc(CC2CCNCC2)no1. The van der Waals surface area contributed by atoms with Crippen molar-refractivity contribution in [1.29, 1.82) is 0 Å². The maximum atomic E-state index is 12.2. The predicted octanol–water partition coefficient (Wildman–Crippen LogP) is 1.63. The number of aromatic nitrogens is 2. The molecule has 0 amide bonds. The highest BCUT2D eigenvalue weighted by Gasteiger charge is 2.38. The van der Waals surface area contributed by atoms with Gasteiger partial charge >= 0.3 is 12.1 Å². The first-order valence-electron chi connectivity index (χ1n) is 5.16. The molecule has 1 aliphatic rings. The van der Waals surface area contributed by atoms with Gasteiger partial charge < -0.3 is 9.84 Å². The molecule has 1 aromatic heterocycles. The summed E-state index contributed by atoms with van der Waals surface area (Å²) in [5, 5.41) is 6.54. The number of halogens is 3. The molecule has 7 heteroatoms. The molecule has 1 N–H and O–H groups in total. The van der Waals surface area contributed by atoms with Crippen LogP contribution >= 0.6 is 0 Å². The maximum Gasteiger partial charge on any atom is 0.471 e. The van der Waals surface area contributed by atoms with Gasteiger partial charge in [0.15, 0.2) is 5.82 Å². The van der Waals surface area contributed by atoms with E-state index in [9.17, 15) is 13.2 Å². The van der Waals surface area contributed by atoms with E-state index in [2.05, 4.69) is 20.0 Å². The summed E-state index contributed by atoms with van der Waals surface area (Å²) < 4.78 is 40.7. The zero-order valence-electron chi connectivity index (χ0n) is 8.55. The van der Waals surface area contributed by atoms with Crippen molar-refractivity contribution in [2.75, 3.05) is 13.1 Å². The zero-order valence-corrected chi connectivity index (χ0v) is 8.55. The highest BCUT2D eigenvalue weighted by molar-refractivity contribution is 4.92. The van der Waals surface area contributed by atoms with Crippen molar-refractivity contribution in [2.24, 2.45) is 5.92 Å². The van der Waals surface area contributed by atoms with Gasteiger partial charge in [0.1, 0.15) is 0 Å². The molecule has 0 atom stereocenters. The molecular weight excluding hydrogens is 223 g/mol. The van der Waals surface area contributed by atoms with Gasteiger partial charge in [-0.1, -0.05) is 5.16 Å².